The third-order valence-electron chi connectivity index (χ3n) is 8.34. The summed E-state index contributed by atoms with van der Waals surface area (Å²) < 4.78 is 16.7. The first kappa shape index (κ1) is 44.1. The van der Waals surface area contributed by atoms with E-state index in [1.165, 1.54) is 18.3 Å². The summed E-state index contributed by atoms with van der Waals surface area (Å²) >= 11 is 0. The number of anilines is 1. The summed E-state index contributed by atoms with van der Waals surface area (Å²) in [5, 5.41) is 2.61. The first-order chi connectivity index (χ1) is 26.5. The lowest BCUT2D eigenvalue weighted by Gasteiger charge is -2.30. The summed E-state index contributed by atoms with van der Waals surface area (Å²) in [5.74, 6) is -2.33. The zero-order valence-electron chi connectivity index (χ0n) is 35.0. The molecule has 5 amide bonds. The summed E-state index contributed by atoms with van der Waals surface area (Å²) in [6, 6.07) is 6.03. The van der Waals surface area contributed by atoms with Gasteiger partial charge in [0.25, 0.3) is 11.7 Å². The van der Waals surface area contributed by atoms with Gasteiger partial charge in [0.1, 0.15) is 22.6 Å². The molecule has 1 aromatic carbocycles. The molecule has 2 aliphatic rings. The van der Waals surface area contributed by atoms with E-state index in [0.717, 1.165) is 5.69 Å². The van der Waals surface area contributed by atoms with Crippen LogP contribution in [0.2, 0.25) is 0 Å². The second-order valence-electron chi connectivity index (χ2n) is 17.0. The van der Waals surface area contributed by atoms with Crippen LogP contribution < -0.4 is 5.32 Å². The number of nitrogens with zero attached hydrogens (tertiary/aromatic N) is 5. The van der Waals surface area contributed by atoms with Crippen molar-refractivity contribution in [3.63, 3.8) is 0 Å². The molecule has 0 aliphatic carbocycles. The van der Waals surface area contributed by atoms with Crippen LogP contribution in [-0.2, 0) is 36.8 Å². The maximum absolute atomic E-state index is 14.1. The van der Waals surface area contributed by atoms with Crippen molar-refractivity contribution in [2.24, 2.45) is 4.99 Å². The van der Waals surface area contributed by atoms with E-state index >= 15 is 0 Å². The Morgan fingerprint density at radius 2 is 1.42 bits per heavy atom. The molecule has 0 saturated carbocycles. The lowest BCUT2D eigenvalue weighted by molar-refractivity contribution is -0.127. The van der Waals surface area contributed by atoms with Crippen molar-refractivity contribution in [2.75, 3.05) is 25.0 Å². The lowest BCUT2D eigenvalue weighted by atomic mass is 10.0. The van der Waals surface area contributed by atoms with Gasteiger partial charge in [-0.1, -0.05) is 26.0 Å². The van der Waals surface area contributed by atoms with Crippen LogP contribution in [0, 0.1) is 0 Å². The number of hydrogen-bond acceptors (Lipinski definition) is 11. The van der Waals surface area contributed by atoms with Gasteiger partial charge in [0.15, 0.2) is 0 Å². The van der Waals surface area contributed by atoms with Crippen molar-refractivity contribution >= 4 is 59.2 Å². The van der Waals surface area contributed by atoms with Gasteiger partial charge in [0.05, 0.1) is 24.1 Å². The van der Waals surface area contributed by atoms with E-state index in [2.05, 4.69) is 15.3 Å². The summed E-state index contributed by atoms with van der Waals surface area (Å²) in [7, 11) is 0. The molecule has 0 unspecified atom stereocenters. The van der Waals surface area contributed by atoms with Crippen LogP contribution in [0.4, 0.5) is 25.8 Å². The first-order valence-electron chi connectivity index (χ1n) is 19.3. The Bertz CT molecular complexity index is 1930. The lowest BCUT2D eigenvalue weighted by Crippen LogP contribution is -2.47. The maximum Gasteiger partial charge on any atom is 0.425 e. The molecule has 0 spiro atoms. The van der Waals surface area contributed by atoms with Crippen LogP contribution in [0.25, 0.3) is 6.08 Å². The van der Waals surface area contributed by atoms with Crippen molar-refractivity contribution in [2.45, 2.75) is 125 Å². The number of carbonyl (C=O) groups is 6. The first-order valence-corrected chi connectivity index (χ1v) is 19.3. The zero-order valence-corrected chi connectivity index (χ0v) is 35.0. The van der Waals surface area contributed by atoms with Crippen molar-refractivity contribution in [3.8, 4) is 0 Å². The minimum atomic E-state index is -1.07. The van der Waals surface area contributed by atoms with E-state index in [-0.39, 0.29) is 47.2 Å². The molecular weight excluding hydrogens is 732 g/mol. The molecule has 57 heavy (non-hydrogen) atoms. The van der Waals surface area contributed by atoms with Gasteiger partial charge in [-0.05, 0) is 98.9 Å². The normalized spacial score (nSPS) is 14.1. The van der Waals surface area contributed by atoms with Gasteiger partial charge in [0, 0.05) is 54.9 Å². The summed E-state index contributed by atoms with van der Waals surface area (Å²) in [4.78, 5) is 94.3. The quantitative estimate of drug-likeness (QED) is 0.158. The Kier molecular flexibility index (Phi) is 13.7. The molecule has 1 N–H and O–H groups in total. The van der Waals surface area contributed by atoms with Gasteiger partial charge in [-0.3, -0.25) is 19.4 Å². The standard InChI is InChI=1S/C42H56N6O9/c1-12-17-46(18-13-2)36(51)28-20-26-14-15-27(22-32(26)45-33(23-28)48(38(53)56-41(6,7)8)39(54)57-42(9,10)11)34(49)35(50)44-30-21-29-25-47(19-16-31(29)43-24-30)37(52)55-40(3,4)5/h14-15,20-22,24H,12-13,16-19,23,25H2,1-11H3,(H,44,50). The largest absolute Gasteiger partial charge is 0.444 e. The third kappa shape index (κ3) is 12.2. The van der Waals surface area contributed by atoms with Gasteiger partial charge in [-0.25, -0.2) is 19.4 Å². The Morgan fingerprint density at radius 1 is 0.825 bits per heavy atom. The molecule has 15 heteroatoms. The predicted molar refractivity (Wildman–Crippen MR) is 215 cm³/mol. The molecule has 0 atom stereocenters. The molecule has 15 nitrogen and oxygen atoms in total. The van der Waals surface area contributed by atoms with E-state index in [4.69, 9.17) is 14.2 Å². The smallest absolute Gasteiger partial charge is 0.425 e. The maximum atomic E-state index is 14.1. The van der Waals surface area contributed by atoms with Gasteiger partial charge in [-0.2, -0.15) is 4.90 Å². The number of rotatable bonds is 8. The van der Waals surface area contributed by atoms with Crippen LogP contribution in [0.15, 0.2) is 41.0 Å². The van der Waals surface area contributed by atoms with Crippen molar-refractivity contribution in [1.29, 1.82) is 0 Å². The highest BCUT2D eigenvalue weighted by atomic mass is 16.6. The Morgan fingerprint density at radius 3 is 1.98 bits per heavy atom. The number of ketones is 1. The number of hydrogen-bond donors (Lipinski definition) is 1. The third-order valence-corrected chi connectivity index (χ3v) is 8.34. The van der Waals surface area contributed by atoms with Crippen molar-refractivity contribution in [1.82, 2.24) is 19.7 Å². The minimum absolute atomic E-state index is 0.0424. The van der Waals surface area contributed by atoms with Gasteiger partial charge in [-0.15, -0.1) is 0 Å². The van der Waals surface area contributed by atoms with Crippen molar-refractivity contribution < 1.29 is 43.0 Å². The highest BCUT2D eigenvalue weighted by Crippen LogP contribution is 2.32. The molecule has 0 fully saturated rings. The number of benzene rings is 1. The number of ether oxygens (including phenoxy) is 3. The number of aromatic nitrogens is 1. The van der Waals surface area contributed by atoms with E-state index < -0.39 is 46.8 Å². The zero-order chi connectivity index (χ0) is 42.5. The molecule has 0 saturated heterocycles. The number of imide groups is 1. The second kappa shape index (κ2) is 17.7. The Hall–Kier alpha value is -5.60. The van der Waals surface area contributed by atoms with E-state index in [0.29, 0.717) is 54.9 Å². The van der Waals surface area contributed by atoms with E-state index in [1.807, 2.05) is 13.8 Å². The molecule has 3 heterocycles. The fraction of sp³-hybridized carbons (Fsp3) is 0.524. The number of amidine groups is 1. The van der Waals surface area contributed by atoms with E-state index in [9.17, 15) is 28.8 Å². The molecule has 2 aromatic rings. The average molecular weight is 789 g/mol. The molecule has 0 bridgehead atoms. The second-order valence-corrected chi connectivity index (χ2v) is 17.0. The number of aliphatic imine (C=N–C) groups is 1. The fourth-order valence-electron chi connectivity index (χ4n) is 6.01. The number of nitrogens with one attached hydrogen (secondary N) is 1. The van der Waals surface area contributed by atoms with Crippen LogP contribution in [0.3, 0.4) is 0 Å². The molecule has 0 radical (unpaired) electrons. The number of pyridine rings is 1. The molecule has 2 aliphatic heterocycles. The number of carbonyl (C=O) groups excluding carboxylic acids is 6. The molecule has 308 valence electrons. The predicted octanol–water partition coefficient (Wildman–Crippen LogP) is 7.83. The van der Waals surface area contributed by atoms with Gasteiger partial charge < -0.3 is 29.3 Å². The SMILES string of the molecule is CCCN(CCC)C(=O)C1=Cc2ccc(C(=O)C(=O)Nc3cnc4c(c3)CN(C(=O)OC(C)(C)C)CC4)cc2N=C(N(C(=O)OC(C)(C)C)C(=O)OC(C)(C)C)C1. The highest BCUT2D eigenvalue weighted by Gasteiger charge is 2.37. The number of Topliss-reactive ketones (excluding diaryl/α,β-unsaturated/α-hetero) is 1. The summed E-state index contributed by atoms with van der Waals surface area (Å²) in [5.41, 5.74) is -0.205. The van der Waals surface area contributed by atoms with Gasteiger partial charge >= 0.3 is 18.3 Å². The van der Waals surface area contributed by atoms with Crippen molar-refractivity contribution in [3.05, 3.63) is 58.4 Å². The average Bonchev–Trinajstić information content (AvgIpc) is 3.27. The fourth-order valence-corrected chi connectivity index (χ4v) is 6.01. The highest BCUT2D eigenvalue weighted by molar-refractivity contribution is 6.46. The van der Waals surface area contributed by atoms with Crippen LogP contribution in [0.5, 0.6) is 0 Å². The molecule has 4 rings (SSSR count). The van der Waals surface area contributed by atoms with Crippen LogP contribution >= 0.6 is 0 Å². The number of fused-ring (bicyclic) bond motifs is 2. The number of amides is 5. The monoisotopic (exact) mass is 788 g/mol. The topological polar surface area (TPSA) is 177 Å². The van der Waals surface area contributed by atoms with Crippen LogP contribution in [0.1, 0.15) is 123 Å². The summed E-state index contributed by atoms with van der Waals surface area (Å²) in [6.07, 6.45) is 2.13. The van der Waals surface area contributed by atoms with Crippen LogP contribution in [-0.4, -0.2) is 97.8 Å². The van der Waals surface area contributed by atoms with E-state index in [1.54, 1.807) is 90.3 Å². The summed E-state index contributed by atoms with van der Waals surface area (Å²) in [6.45, 7) is 20.8. The Balaban J connectivity index is 1.72. The minimum Gasteiger partial charge on any atom is -0.444 e. The van der Waals surface area contributed by atoms with Gasteiger partial charge in [0.2, 0.25) is 5.91 Å². The Labute approximate surface area is 334 Å². The molecular formula is C42H56N6O9. The molecule has 1 aromatic heterocycles.